The number of hydrogen-bond acceptors (Lipinski definition) is 5. The monoisotopic (exact) mass is 878 g/mol. The number of unbranched alkanes of at least 4 members (excludes halogenated alkanes) is 22. The number of hydrogen-bond donors (Lipinski definition) is 3. The molecule has 0 aliphatic heterocycles. The van der Waals surface area contributed by atoms with Crippen molar-refractivity contribution in [2.75, 3.05) is 6.61 Å². The van der Waals surface area contributed by atoms with E-state index in [-0.39, 0.29) is 24.9 Å². The van der Waals surface area contributed by atoms with Crippen LogP contribution in [0.3, 0.4) is 0 Å². The highest BCUT2D eigenvalue weighted by molar-refractivity contribution is 5.78. The van der Waals surface area contributed by atoms with Crippen molar-refractivity contribution in [3.8, 4) is 0 Å². The third-order valence-corrected chi connectivity index (χ3v) is 11.5. The molecule has 0 aromatic heterocycles. The lowest BCUT2D eigenvalue weighted by Crippen LogP contribution is -2.46. The fraction of sp³-hybridized carbons (Fsp3) is 0.719. The van der Waals surface area contributed by atoms with E-state index in [9.17, 15) is 19.8 Å². The predicted molar refractivity (Wildman–Crippen MR) is 273 cm³/mol. The first-order chi connectivity index (χ1) is 31.0. The zero-order valence-corrected chi connectivity index (χ0v) is 41.2. The summed E-state index contributed by atoms with van der Waals surface area (Å²) in [6.45, 7) is 6.30. The number of aliphatic hydroxyl groups excluding tert-OH is 2. The van der Waals surface area contributed by atoms with E-state index in [2.05, 4.69) is 99.0 Å². The third kappa shape index (κ3) is 45.4. The van der Waals surface area contributed by atoms with Crippen LogP contribution in [0.4, 0.5) is 0 Å². The van der Waals surface area contributed by atoms with Gasteiger partial charge in [-0.15, -0.1) is 0 Å². The molecule has 0 aromatic carbocycles. The predicted octanol–water partition coefficient (Wildman–Crippen LogP) is 16.0. The Morgan fingerprint density at radius 2 is 0.889 bits per heavy atom. The van der Waals surface area contributed by atoms with E-state index in [1.807, 2.05) is 6.08 Å². The Labute approximate surface area is 389 Å². The van der Waals surface area contributed by atoms with Gasteiger partial charge < -0.3 is 20.3 Å². The van der Waals surface area contributed by atoms with Gasteiger partial charge in [-0.2, -0.15) is 0 Å². The normalized spacial score (nSPS) is 13.9. The lowest BCUT2D eigenvalue weighted by atomic mass is 10.0. The Balaban J connectivity index is 4.68. The third-order valence-electron chi connectivity index (χ3n) is 11.5. The number of rotatable bonds is 46. The number of allylic oxidation sites excluding steroid dienone is 13. The second-order valence-corrected chi connectivity index (χ2v) is 17.5. The van der Waals surface area contributed by atoms with E-state index in [1.54, 1.807) is 6.08 Å². The van der Waals surface area contributed by atoms with Crippen LogP contribution in [-0.2, 0) is 14.3 Å². The Kier molecular flexibility index (Phi) is 47.7. The SMILES string of the molecule is CC/C=C/C/C=C/C/C=C/C/C=C/C/C=C/C(CC(=O)NC(CO)C(O)CCCCCCCCCCCCC)OC(=O)CCCCCCCCCCC/C=C\C/C=C\CCCCC. The summed E-state index contributed by atoms with van der Waals surface area (Å²) in [7, 11) is 0. The van der Waals surface area contributed by atoms with E-state index < -0.39 is 18.2 Å². The summed E-state index contributed by atoms with van der Waals surface area (Å²) in [6.07, 6.45) is 65.3. The second kappa shape index (κ2) is 50.0. The highest BCUT2D eigenvalue weighted by Gasteiger charge is 2.23. The molecule has 3 unspecified atom stereocenters. The fourth-order valence-corrected chi connectivity index (χ4v) is 7.48. The van der Waals surface area contributed by atoms with Crippen LogP contribution in [0.1, 0.15) is 239 Å². The highest BCUT2D eigenvalue weighted by atomic mass is 16.5. The summed E-state index contributed by atoms with van der Waals surface area (Å²) in [4.78, 5) is 26.1. The molecule has 0 radical (unpaired) electrons. The lowest BCUT2D eigenvalue weighted by Gasteiger charge is -2.23. The van der Waals surface area contributed by atoms with Crippen LogP contribution < -0.4 is 5.32 Å². The molecule has 362 valence electrons. The zero-order valence-electron chi connectivity index (χ0n) is 41.2. The standard InChI is InChI=1S/C57H99NO5/c1-4-7-10-13-16-19-22-24-26-27-28-29-30-32-35-38-41-44-47-50-57(62)63-53(48-45-42-39-36-34-31-25-23-20-17-14-11-8-5-2)51-56(61)58-54(52-59)55(60)49-46-43-40-37-33-21-18-15-12-9-6-3/h8,11,16-17,19-20,24-26,31,36,39,45,48,53-55,59-60H,4-7,9-10,12-15,18,21-23,27-30,32-35,37-38,40-44,46-47,49-52H2,1-3H3,(H,58,61)/b11-8+,19-16-,20-17+,26-24-,31-25+,39-36+,48-45+. The summed E-state index contributed by atoms with van der Waals surface area (Å²) in [5, 5.41) is 23.7. The maximum absolute atomic E-state index is 13.2. The Hall–Kier alpha value is -2.96. The van der Waals surface area contributed by atoms with Gasteiger partial charge in [-0.1, -0.05) is 228 Å². The molecule has 0 rings (SSSR count). The van der Waals surface area contributed by atoms with Crippen LogP contribution in [-0.4, -0.2) is 46.9 Å². The minimum Gasteiger partial charge on any atom is -0.458 e. The molecule has 0 aliphatic carbocycles. The quantitative estimate of drug-likeness (QED) is 0.0322. The Morgan fingerprint density at radius 3 is 1.38 bits per heavy atom. The molecule has 6 nitrogen and oxygen atoms in total. The van der Waals surface area contributed by atoms with Gasteiger partial charge in [-0.3, -0.25) is 9.59 Å². The largest absolute Gasteiger partial charge is 0.458 e. The van der Waals surface area contributed by atoms with E-state index >= 15 is 0 Å². The maximum atomic E-state index is 13.2. The summed E-state index contributed by atoms with van der Waals surface area (Å²) in [6, 6.07) is -0.745. The molecule has 3 N–H and O–H groups in total. The summed E-state index contributed by atoms with van der Waals surface area (Å²) in [5.41, 5.74) is 0. The number of carbonyl (C=O) groups is 2. The van der Waals surface area contributed by atoms with Crippen molar-refractivity contribution in [2.45, 2.75) is 257 Å². The average Bonchev–Trinajstić information content (AvgIpc) is 3.28. The Morgan fingerprint density at radius 1 is 0.492 bits per heavy atom. The molecule has 3 atom stereocenters. The van der Waals surface area contributed by atoms with Gasteiger partial charge in [-0.05, 0) is 83.1 Å². The van der Waals surface area contributed by atoms with Crippen LogP contribution in [0.15, 0.2) is 85.1 Å². The smallest absolute Gasteiger partial charge is 0.306 e. The first-order valence-electron chi connectivity index (χ1n) is 26.3. The fourth-order valence-electron chi connectivity index (χ4n) is 7.48. The minimum atomic E-state index is -0.822. The molecule has 6 heteroatoms. The molecule has 0 saturated heterocycles. The van der Waals surface area contributed by atoms with Crippen molar-refractivity contribution < 1.29 is 24.5 Å². The van der Waals surface area contributed by atoms with Gasteiger partial charge in [0.25, 0.3) is 0 Å². The number of amides is 1. The van der Waals surface area contributed by atoms with Gasteiger partial charge in [0.05, 0.1) is 25.2 Å². The van der Waals surface area contributed by atoms with E-state index in [0.717, 1.165) is 70.6 Å². The molecule has 0 fully saturated rings. The van der Waals surface area contributed by atoms with Crippen molar-refractivity contribution in [2.24, 2.45) is 0 Å². The van der Waals surface area contributed by atoms with Crippen LogP contribution in [0, 0.1) is 0 Å². The number of esters is 1. The maximum Gasteiger partial charge on any atom is 0.306 e. The number of aliphatic hydroxyl groups is 2. The molecular weight excluding hydrogens is 779 g/mol. The van der Waals surface area contributed by atoms with Gasteiger partial charge in [0.2, 0.25) is 5.91 Å². The topological polar surface area (TPSA) is 95.9 Å². The van der Waals surface area contributed by atoms with Gasteiger partial charge >= 0.3 is 5.97 Å². The van der Waals surface area contributed by atoms with E-state index in [0.29, 0.717) is 19.3 Å². The second-order valence-electron chi connectivity index (χ2n) is 17.5. The highest BCUT2D eigenvalue weighted by Crippen LogP contribution is 2.16. The number of ether oxygens (including phenoxy) is 1. The Bertz CT molecular complexity index is 1210. The molecule has 0 aromatic rings. The van der Waals surface area contributed by atoms with Gasteiger partial charge in [0.1, 0.15) is 6.10 Å². The first-order valence-corrected chi connectivity index (χ1v) is 26.3. The van der Waals surface area contributed by atoms with Gasteiger partial charge in [0.15, 0.2) is 0 Å². The number of nitrogens with one attached hydrogen (secondary N) is 1. The van der Waals surface area contributed by atoms with Crippen LogP contribution >= 0.6 is 0 Å². The van der Waals surface area contributed by atoms with Crippen molar-refractivity contribution >= 4 is 11.9 Å². The minimum absolute atomic E-state index is 0.0507. The van der Waals surface area contributed by atoms with Crippen LogP contribution in [0.5, 0.6) is 0 Å². The average molecular weight is 878 g/mol. The van der Waals surface area contributed by atoms with Gasteiger partial charge in [-0.25, -0.2) is 0 Å². The summed E-state index contributed by atoms with van der Waals surface area (Å²) >= 11 is 0. The molecule has 0 heterocycles. The van der Waals surface area contributed by atoms with Crippen LogP contribution in [0.25, 0.3) is 0 Å². The molecule has 0 aliphatic rings. The van der Waals surface area contributed by atoms with E-state index in [1.165, 1.54) is 122 Å². The lowest BCUT2D eigenvalue weighted by molar-refractivity contribution is -0.148. The molecule has 0 bridgehead atoms. The van der Waals surface area contributed by atoms with Crippen molar-refractivity contribution in [3.05, 3.63) is 85.1 Å². The first kappa shape index (κ1) is 60.0. The summed E-state index contributed by atoms with van der Waals surface area (Å²) in [5.74, 6) is -0.635. The van der Waals surface area contributed by atoms with Gasteiger partial charge in [0, 0.05) is 6.42 Å². The molecule has 0 spiro atoms. The summed E-state index contributed by atoms with van der Waals surface area (Å²) < 4.78 is 5.83. The van der Waals surface area contributed by atoms with E-state index in [4.69, 9.17) is 4.74 Å². The molecule has 1 amide bonds. The molecular formula is C57H99NO5. The van der Waals surface area contributed by atoms with Crippen molar-refractivity contribution in [3.63, 3.8) is 0 Å². The zero-order chi connectivity index (χ0) is 45.9. The van der Waals surface area contributed by atoms with Crippen LogP contribution in [0.2, 0.25) is 0 Å². The van der Waals surface area contributed by atoms with Crippen molar-refractivity contribution in [1.82, 2.24) is 5.32 Å². The number of carbonyl (C=O) groups excluding carboxylic acids is 2. The molecule has 63 heavy (non-hydrogen) atoms. The molecule has 0 saturated carbocycles. The van der Waals surface area contributed by atoms with Crippen molar-refractivity contribution in [1.29, 1.82) is 0 Å².